The predicted molar refractivity (Wildman–Crippen MR) is 88.4 cm³/mol. The highest BCUT2D eigenvalue weighted by atomic mass is 79.9. The summed E-state index contributed by atoms with van der Waals surface area (Å²) in [4.78, 5) is 0.353. The normalized spacial score (nSPS) is 21.1. The van der Waals surface area contributed by atoms with Gasteiger partial charge in [0.05, 0.1) is 4.90 Å². The standard InChI is InChI=1S/C14H19Br2NO2S/c1-3-11-5-4-6-17(9-11)20(18,19)14-8-12(15)10(2)7-13(14)16/h7-8,11H,3-6,9H2,1-2H3. The molecule has 0 radical (unpaired) electrons. The van der Waals surface area contributed by atoms with Crippen molar-refractivity contribution in [2.45, 2.75) is 38.0 Å². The highest BCUT2D eigenvalue weighted by Gasteiger charge is 2.31. The van der Waals surface area contributed by atoms with Gasteiger partial charge in [-0.1, -0.05) is 29.3 Å². The fourth-order valence-electron chi connectivity index (χ4n) is 2.54. The lowest BCUT2D eigenvalue weighted by Gasteiger charge is -2.31. The average Bonchev–Trinajstić information content (AvgIpc) is 2.42. The summed E-state index contributed by atoms with van der Waals surface area (Å²) in [7, 11) is -3.42. The third kappa shape index (κ3) is 3.29. The summed E-state index contributed by atoms with van der Waals surface area (Å²) < 4.78 is 28.7. The van der Waals surface area contributed by atoms with E-state index < -0.39 is 10.0 Å². The zero-order valence-electron chi connectivity index (χ0n) is 11.7. The third-order valence-electron chi connectivity index (χ3n) is 3.89. The molecule has 1 heterocycles. The highest BCUT2D eigenvalue weighted by Crippen LogP contribution is 2.32. The van der Waals surface area contributed by atoms with Crippen molar-refractivity contribution in [2.24, 2.45) is 5.92 Å². The van der Waals surface area contributed by atoms with Gasteiger partial charge in [-0.3, -0.25) is 0 Å². The number of rotatable bonds is 3. The fraction of sp³-hybridized carbons (Fsp3) is 0.571. The Hall–Kier alpha value is 0.0900. The zero-order valence-corrected chi connectivity index (χ0v) is 15.7. The van der Waals surface area contributed by atoms with Gasteiger partial charge in [-0.05, 0) is 59.3 Å². The van der Waals surface area contributed by atoms with Crippen LogP contribution in [0.25, 0.3) is 0 Å². The molecule has 0 aromatic heterocycles. The van der Waals surface area contributed by atoms with Crippen LogP contribution in [0.5, 0.6) is 0 Å². The summed E-state index contributed by atoms with van der Waals surface area (Å²) in [5.74, 6) is 0.478. The number of hydrogen-bond donors (Lipinski definition) is 0. The molecule has 0 amide bonds. The van der Waals surface area contributed by atoms with Crippen molar-refractivity contribution in [3.63, 3.8) is 0 Å². The van der Waals surface area contributed by atoms with E-state index in [1.807, 2.05) is 13.0 Å². The van der Waals surface area contributed by atoms with Crippen LogP contribution >= 0.6 is 31.9 Å². The summed E-state index contributed by atoms with van der Waals surface area (Å²) in [6, 6.07) is 3.54. The van der Waals surface area contributed by atoms with E-state index in [-0.39, 0.29) is 0 Å². The maximum Gasteiger partial charge on any atom is 0.244 e. The van der Waals surface area contributed by atoms with Crippen LogP contribution in [0.3, 0.4) is 0 Å². The van der Waals surface area contributed by atoms with Gasteiger partial charge in [0.25, 0.3) is 0 Å². The van der Waals surface area contributed by atoms with Gasteiger partial charge in [0.1, 0.15) is 0 Å². The summed E-state index contributed by atoms with van der Waals surface area (Å²) in [6.07, 6.45) is 3.11. The molecule has 6 heteroatoms. The van der Waals surface area contributed by atoms with Crippen molar-refractivity contribution in [2.75, 3.05) is 13.1 Å². The Morgan fingerprint density at radius 3 is 2.65 bits per heavy atom. The summed E-state index contributed by atoms with van der Waals surface area (Å²) in [6.45, 7) is 5.33. The lowest BCUT2D eigenvalue weighted by atomic mass is 9.97. The monoisotopic (exact) mass is 423 g/mol. The molecular formula is C14H19Br2NO2S. The number of sulfonamides is 1. The van der Waals surface area contributed by atoms with Gasteiger partial charge in [-0.15, -0.1) is 0 Å². The Balaban J connectivity index is 2.37. The zero-order chi connectivity index (χ0) is 14.9. The van der Waals surface area contributed by atoms with Crippen LogP contribution in [0.1, 0.15) is 31.7 Å². The third-order valence-corrected chi connectivity index (χ3v) is 7.57. The fourth-order valence-corrected chi connectivity index (χ4v) is 5.74. The van der Waals surface area contributed by atoms with Gasteiger partial charge in [-0.2, -0.15) is 4.31 Å². The molecule has 0 bridgehead atoms. The van der Waals surface area contributed by atoms with Crippen LogP contribution in [-0.2, 0) is 10.0 Å². The topological polar surface area (TPSA) is 37.4 Å². The SMILES string of the molecule is CCC1CCCN(S(=O)(=O)c2cc(Br)c(C)cc2Br)C1. The van der Waals surface area contributed by atoms with Crippen molar-refractivity contribution < 1.29 is 8.42 Å². The molecule has 0 N–H and O–H groups in total. The highest BCUT2D eigenvalue weighted by molar-refractivity contribution is 9.11. The summed E-state index contributed by atoms with van der Waals surface area (Å²) in [5, 5.41) is 0. The molecule has 0 spiro atoms. The molecule has 112 valence electrons. The molecule has 0 aliphatic carbocycles. The molecule has 1 saturated heterocycles. The van der Waals surface area contributed by atoms with Gasteiger partial charge in [0.15, 0.2) is 0 Å². The van der Waals surface area contributed by atoms with Crippen molar-refractivity contribution in [3.05, 3.63) is 26.6 Å². The first-order chi connectivity index (χ1) is 9.36. The second-order valence-corrected chi connectivity index (χ2v) is 8.93. The number of aryl methyl sites for hydroxylation is 1. The van der Waals surface area contributed by atoms with Crippen LogP contribution in [-0.4, -0.2) is 25.8 Å². The van der Waals surface area contributed by atoms with Gasteiger partial charge >= 0.3 is 0 Å². The number of piperidine rings is 1. The van der Waals surface area contributed by atoms with Crippen LogP contribution in [0.15, 0.2) is 26.0 Å². The smallest absolute Gasteiger partial charge is 0.207 e. The van der Waals surface area contributed by atoms with Gasteiger partial charge < -0.3 is 0 Å². The molecule has 1 aliphatic heterocycles. The van der Waals surface area contributed by atoms with Crippen LogP contribution in [0.4, 0.5) is 0 Å². The average molecular weight is 425 g/mol. The van der Waals surface area contributed by atoms with E-state index in [4.69, 9.17) is 0 Å². The van der Waals surface area contributed by atoms with Crippen LogP contribution in [0.2, 0.25) is 0 Å². The van der Waals surface area contributed by atoms with E-state index in [9.17, 15) is 8.42 Å². The minimum Gasteiger partial charge on any atom is -0.207 e. The Bertz CT molecular complexity index is 601. The Kier molecular flexibility index (Phi) is 5.32. The lowest BCUT2D eigenvalue weighted by molar-refractivity contribution is 0.261. The maximum atomic E-state index is 12.8. The van der Waals surface area contributed by atoms with Crippen LogP contribution in [0, 0.1) is 12.8 Å². The molecule has 0 saturated carbocycles. The van der Waals surface area contributed by atoms with E-state index in [1.54, 1.807) is 10.4 Å². The Morgan fingerprint density at radius 1 is 1.30 bits per heavy atom. The first kappa shape index (κ1) is 16.5. The largest absolute Gasteiger partial charge is 0.244 e. The lowest BCUT2D eigenvalue weighted by Crippen LogP contribution is -2.39. The maximum absolute atomic E-state index is 12.8. The minimum atomic E-state index is -3.42. The van der Waals surface area contributed by atoms with Crippen molar-refractivity contribution in [1.82, 2.24) is 4.31 Å². The second kappa shape index (κ2) is 6.46. The van der Waals surface area contributed by atoms with Crippen molar-refractivity contribution >= 4 is 41.9 Å². The number of benzene rings is 1. The predicted octanol–water partition coefficient (Wildman–Crippen LogP) is 4.33. The molecule has 1 unspecified atom stereocenters. The molecular weight excluding hydrogens is 406 g/mol. The Labute approximate surface area is 138 Å². The number of hydrogen-bond acceptors (Lipinski definition) is 2. The summed E-state index contributed by atoms with van der Waals surface area (Å²) >= 11 is 6.81. The first-order valence-corrected chi connectivity index (χ1v) is 9.84. The van der Waals surface area contributed by atoms with Crippen molar-refractivity contribution in [3.8, 4) is 0 Å². The van der Waals surface area contributed by atoms with E-state index in [0.717, 1.165) is 29.3 Å². The second-order valence-electron chi connectivity index (χ2n) is 5.31. The molecule has 1 aliphatic rings. The molecule has 1 fully saturated rings. The molecule has 1 aromatic rings. The Morgan fingerprint density at radius 2 is 2.00 bits per heavy atom. The minimum absolute atomic E-state index is 0.353. The molecule has 1 atom stereocenters. The molecule has 2 rings (SSSR count). The van der Waals surface area contributed by atoms with E-state index in [0.29, 0.717) is 28.4 Å². The number of halogens is 2. The van der Waals surface area contributed by atoms with Gasteiger partial charge in [-0.25, -0.2) is 8.42 Å². The molecule has 3 nitrogen and oxygen atoms in total. The van der Waals surface area contributed by atoms with Crippen molar-refractivity contribution in [1.29, 1.82) is 0 Å². The van der Waals surface area contributed by atoms with Crippen LogP contribution < -0.4 is 0 Å². The van der Waals surface area contributed by atoms with Gasteiger partial charge in [0.2, 0.25) is 10.0 Å². The molecule has 1 aromatic carbocycles. The molecule has 20 heavy (non-hydrogen) atoms. The summed E-state index contributed by atoms with van der Waals surface area (Å²) in [5.41, 5.74) is 1.01. The first-order valence-electron chi connectivity index (χ1n) is 6.82. The number of nitrogens with zero attached hydrogens (tertiary/aromatic N) is 1. The van der Waals surface area contributed by atoms with Gasteiger partial charge in [0, 0.05) is 22.0 Å². The quantitative estimate of drug-likeness (QED) is 0.723. The van der Waals surface area contributed by atoms with E-state index in [2.05, 4.69) is 38.8 Å². The van der Waals surface area contributed by atoms with E-state index in [1.165, 1.54) is 0 Å². The van der Waals surface area contributed by atoms with E-state index >= 15 is 0 Å².